The summed E-state index contributed by atoms with van der Waals surface area (Å²) in [6, 6.07) is 7.12. The van der Waals surface area contributed by atoms with E-state index in [9.17, 15) is 4.79 Å². The number of halogens is 2. The molecule has 0 heterocycles. The van der Waals surface area contributed by atoms with Gasteiger partial charge in [0.25, 0.3) is 0 Å². The second kappa shape index (κ2) is 6.03. The van der Waals surface area contributed by atoms with E-state index in [2.05, 4.69) is 22.0 Å². The molecular formula is C12H11BrClNO. The van der Waals surface area contributed by atoms with Crippen LogP contribution in [-0.4, -0.2) is 10.6 Å². The standard InChI is InChI=1S/C12H11BrClNO/c1-2-12(16)10(13)6-9-5-8(7-15)3-4-11(9)14/h3-5,10H,2,6H2,1H3. The van der Waals surface area contributed by atoms with Crippen LogP contribution in [0.5, 0.6) is 0 Å². The molecule has 1 aromatic carbocycles. The zero-order chi connectivity index (χ0) is 12.1. The molecule has 16 heavy (non-hydrogen) atoms. The Morgan fingerprint density at radius 1 is 1.62 bits per heavy atom. The quantitative estimate of drug-likeness (QED) is 0.799. The highest BCUT2D eigenvalue weighted by atomic mass is 79.9. The zero-order valence-electron chi connectivity index (χ0n) is 8.84. The number of hydrogen-bond acceptors (Lipinski definition) is 2. The van der Waals surface area contributed by atoms with Crippen LogP contribution in [0.1, 0.15) is 24.5 Å². The maximum absolute atomic E-state index is 11.4. The monoisotopic (exact) mass is 299 g/mol. The van der Waals surface area contributed by atoms with E-state index in [1.807, 2.05) is 6.92 Å². The third kappa shape index (κ3) is 3.33. The van der Waals surface area contributed by atoms with Gasteiger partial charge in [-0.2, -0.15) is 5.26 Å². The van der Waals surface area contributed by atoms with E-state index in [-0.39, 0.29) is 10.6 Å². The van der Waals surface area contributed by atoms with Crippen LogP contribution >= 0.6 is 27.5 Å². The largest absolute Gasteiger partial charge is 0.298 e. The van der Waals surface area contributed by atoms with Crippen molar-refractivity contribution >= 4 is 33.3 Å². The van der Waals surface area contributed by atoms with Crippen molar-refractivity contribution in [3.8, 4) is 6.07 Å². The molecule has 0 spiro atoms. The molecule has 1 unspecified atom stereocenters. The molecule has 0 saturated carbocycles. The van der Waals surface area contributed by atoms with Crippen LogP contribution < -0.4 is 0 Å². The van der Waals surface area contributed by atoms with Gasteiger partial charge in [-0.3, -0.25) is 4.79 Å². The number of carbonyl (C=O) groups excluding carboxylic acids is 1. The third-order valence-corrected chi connectivity index (χ3v) is 3.47. The van der Waals surface area contributed by atoms with Crippen LogP contribution in [0.25, 0.3) is 0 Å². The normalized spacial score (nSPS) is 11.9. The number of rotatable bonds is 4. The minimum absolute atomic E-state index is 0.137. The van der Waals surface area contributed by atoms with Crippen molar-refractivity contribution in [1.82, 2.24) is 0 Å². The first-order valence-corrected chi connectivity index (χ1v) is 6.23. The summed E-state index contributed by atoms with van der Waals surface area (Å²) in [5.41, 5.74) is 1.38. The molecule has 1 aromatic rings. The number of ketones is 1. The Morgan fingerprint density at radius 2 is 2.31 bits per heavy atom. The number of alkyl halides is 1. The van der Waals surface area contributed by atoms with Gasteiger partial charge in [-0.1, -0.05) is 34.5 Å². The SMILES string of the molecule is CCC(=O)C(Br)Cc1cc(C#N)ccc1Cl. The van der Waals surface area contributed by atoms with Crippen LogP contribution in [0.15, 0.2) is 18.2 Å². The first-order chi connectivity index (χ1) is 7.58. The second-order valence-electron chi connectivity index (χ2n) is 3.41. The van der Waals surface area contributed by atoms with Gasteiger partial charge < -0.3 is 0 Å². The lowest BCUT2D eigenvalue weighted by Gasteiger charge is -2.09. The van der Waals surface area contributed by atoms with E-state index >= 15 is 0 Å². The third-order valence-electron chi connectivity index (χ3n) is 2.27. The van der Waals surface area contributed by atoms with Gasteiger partial charge in [0.2, 0.25) is 0 Å². The van der Waals surface area contributed by atoms with Crippen molar-refractivity contribution in [2.24, 2.45) is 0 Å². The van der Waals surface area contributed by atoms with E-state index in [1.54, 1.807) is 18.2 Å². The molecule has 0 amide bonds. The van der Waals surface area contributed by atoms with E-state index in [0.717, 1.165) is 5.56 Å². The fourth-order valence-corrected chi connectivity index (χ4v) is 2.20. The van der Waals surface area contributed by atoms with Crippen molar-refractivity contribution in [1.29, 1.82) is 5.26 Å². The Labute approximate surface area is 108 Å². The van der Waals surface area contributed by atoms with Gasteiger partial charge in [0.15, 0.2) is 0 Å². The number of carbonyl (C=O) groups is 1. The highest BCUT2D eigenvalue weighted by Crippen LogP contribution is 2.21. The molecule has 1 rings (SSSR count). The highest BCUT2D eigenvalue weighted by molar-refractivity contribution is 9.10. The summed E-state index contributed by atoms with van der Waals surface area (Å²) in [7, 11) is 0. The molecule has 0 aromatic heterocycles. The molecule has 0 saturated heterocycles. The lowest BCUT2D eigenvalue weighted by molar-refractivity contribution is -0.118. The summed E-state index contributed by atoms with van der Waals surface area (Å²) in [4.78, 5) is 11.2. The highest BCUT2D eigenvalue weighted by Gasteiger charge is 2.15. The average Bonchev–Trinajstić information content (AvgIpc) is 2.30. The molecule has 0 bridgehead atoms. The van der Waals surface area contributed by atoms with Crippen LogP contribution in [0, 0.1) is 11.3 Å². The Bertz CT molecular complexity index is 439. The van der Waals surface area contributed by atoms with Crippen LogP contribution in [0.3, 0.4) is 0 Å². The van der Waals surface area contributed by atoms with Crippen LogP contribution in [0.2, 0.25) is 5.02 Å². The number of Topliss-reactive ketones (excluding diaryl/α,β-unsaturated/α-hetero) is 1. The predicted octanol–water partition coefficient (Wildman–Crippen LogP) is 3.50. The smallest absolute Gasteiger partial charge is 0.146 e. The Kier molecular flexibility index (Phi) is 4.98. The molecule has 0 N–H and O–H groups in total. The van der Waals surface area contributed by atoms with E-state index in [0.29, 0.717) is 23.4 Å². The molecule has 0 radical (unpaired) electrons. The number of hydrogen-bond donors (Lipinski definition) is 0. The van der Waals surface area contributed by atoms with Gasteiger partial charge in [0, 0.05) is 11.4 Å². The maximum Gasteiger partial charge on any atom is 0.146 e. The molecule has 2 nitrogen and oxygen atoms in total. The number of nitrogens with zero attached hydrogens (tertiary/aromatic N) is 1. The minimum atomic E-state index is -0.232. The zero-order valence-corrected chi connectivity index (χ0v) is 11.2. The first kappa shape index (κ1) is 13.2. The molecule has 0 aliphatic carbocycles. The van der Waals surface area contributed by atoms with Gasteiger partial charge in [-0.05, 0) is 30.2 Å². The summed E-state index contributed by atoms with van der Waals surface area (Å²) in [6.45, 7) is 1.82. The fourth-order valence-electron chi connectivity index (χ4n) is 1.33. The van der Waals surface area contributed by atoms with Crippen molar-refractivity contribution in [3.05, 3.63) is 34.3 Å². The van der Waals surface area contributed by atoms with E-state index in [4.69, 9.17) is 16.9 Å². The second-order valence-corrected chi connectivity index (χ2v) is 4.92. The van der Waals surface area contributed by atoms with E-state index in [1.165, 1.54) is 0 Å². The van der Waals surface area contributed by atoms with Gasteiger partial charge in [-0.15, -0.1) is 0 Å². The van der Waals surface area contributed by atoms with Crippen LogP contribution in [-0.2, 0) is 11.2 Å². The Hall–Kier alpha value is -0.850. The van der Waals surface area contributed by atoms with Crippen molar-refractivity contribution in [2.45, 2.75) is 24.6 Å². The summed E-state index contributed by atoms with van der Waals surface area (Å²) < 4.78 is 0. The number of benzene rings is 1. The predicted molar refractivity (Wildman–Crippen MR) is 67.9 cm³/mol. The number of nitriles is 1. The van der Waals surface area contributed by atoms with Gasteiger partial charge in [0.1, 0.15) is 5.78 Å². The molecule has 1 atom stereocenters. The minimum Gasteiger partial charge on any atom is -0.298 e. The fraction of sp³-hybridized carbons (Fsp3) is 0.333. The molecule has 84 valence electrons. The summed E-state index contributed by atoms with van der Waals surface area (Å²) in [5, 5.41) is 9.36. The topological polar surface area (TPSA) is 40.9 Å². The summed E-state index contributed by atoms with van der Waals surface area (Å²) >= 11 is 9.33. The van der Waals surface area contributed by atoms with E-state index < -0.39 is 0 Å². The summed E-state index contributed by atoms with van der Waals surface area (Å²) in [6.07, 6.45) is 1.01. The van der Waals surface area contributed by atoms with Gasteiger partial charge in [-0.25, -0.2) is 0 Å². The van der Waals surface area contributed by atoms with Gasteiger partial charge >= 0.3 is 0 Å². The van der Waals surface area contributed by atoms with Crippen LogP contribution in [0.4, 0.5) is 0 Å². The molecule has 0 fully saturated rings. The van der Waals surface area contributed by atoms with Crippen molar-refractivity contribution in [3.63, 3.8) is 0 Å². The summed E-state index contributed by atoms with van der Waals surface area (Å²) in [5.74, 6) is 0.137. The average molecular weight is 301 g/mol. The van der Waals surface area contributed by atoms with Crippen molar-refractivity contribution < 1.29 is 4.79 Å². The molecule has 4 heteroatoms. The first-order valence-electron chi connectivity index (χ1n) is 4.93. The molecule has 0 aliphatic rings. The van der Waals surface area contributed by atoms with Gasteiger partial charge in [0.05, 0.1) is 16.5 Å². The molecular weight excluding hydrogens is 289 g/mol. The van der Waals surface area contributed by atoms with Crippen molar-refractivity contribution in [2.75, 3.05) is 0 Å². The lowest BCUT2D eigenvalue weighted by Crippen LogP contribution is -2.15. The maximum atomic E-state index is 11.4. The lowest BCUT2D eigenvalue weighted by atomic mass is 10.0. The molecule has 0 aliphatic heterocycles. The Balaban J connectivity index is 2.88. The Morgan fingerprint density at radius 3 is 2.88 bits per heavy atom.